The van der Waals surface area contributed by atoms with Gasteiger partial charge in [-0.2, -0.15) is 0 Å². The number of fused-ring (bicyclic) bond motifs is 3. The third-order valence-corrected chi connectivity index (χ3v) is 4.99. The molecule has 0 spiro atoms. The molecule has 1 saturated heterocycles. The average molecular weight is 368 g/mol. The van der Waals surface area contributed by atoms with Gasteiger partial charge in [-0.25, -0.2) is 0 Å². The molecule has 4 heterocycles. The van der Waals surface area contributed by atoms with Gasteiger partial charge in [-0.15, -0.1) is 0 Å². The summed E-state index contributed by atoms with van der Waals surface area (Å²) >= 11 is 0. The molecule has 1 aromatic heterocycles. The first-order valence-electron chi connectivity index (χ1n) is 9.07. The van der Waals surface area contributed by atoms with E-state index in [1.165, 1.54) is 0 Å². The van der Waals surface area contributed by atoms with Crippen LogP contribution in [0.2, 0.25) is 0 Å². The summed E-state index contributed by atoms with van der Waals surface area (Å²) in [5.41, 5.74) is 1.50. The van der Waals surface area contributed by atoms with Gasteiger partial charge in [0.05, 0.1) is 37.1 Å². The van der Waals surface area contributed by atoms with Crippen molar-refractivity contribution in [2.75, 3.05) is 33.0 Å². The van der Waals surface area contributed by atoms with E-state index in [9.17, 15) is 4.79 Å². The van der Waals surface area contributed by atoms with Gasteiger partial charge in [0.15, 0.2) is 5.76 Å². The van der Waals surface area contributed by atoms with Gasteiger partial charge in [0.2, 0.25) is 5.78 Å². The number of carbonyl (C=O) groups excluding carboxylic acids is 1. The molecule has 140 valence electrons. The summed E-state index contributed by atoms with van der Waals surface area (Å²) in [7, 11) is 0. The second kappa shape index (κ2) is 6.75. The lowest BCUT2D eigenvalue weighted by molar-refractivity contribution is 0.0577. The van der Waals surface area contributed by atoms with Crippen LogP contribution in [0.4, 0.5) is 0 Å². The van der Waals surface area contributed by atoms with E-state index in [1.54, 1.807) is 12.3 Å². The molecule has 1 fully saturated rings. The molecular formula is C20H20N2O5. The Balaban J connectivity index is 1.40. The fourth-order valence-corrected chi connectivity index (χ4v) is 3.59. The van der Waals surface area contributed by atoms with E-state index >= 15 is 0 Å². The number of Topliss-reactive ketones (excluding diaryl/α,β-unsaturated/α-hetero) is 1. The van der Waals surface area contributed by atoms with Gasteiger partial charge in [-0.05, 0) is 24.3 Å². The fraction of sp³-hybridized carbons (Fsp3) is 0.350. The van der Waals surface area contributed by atoms with Crippen molar-refractivity contribution >= 4 is 5.78 Å². The van der Waals surface area contributed by atoms with Crippen LogP contribution < -0.4 is 9.47 Å². The first-order chi connectivity index (χ1) is 13.3. The molecule has 1 aromatic carbocycles. The maximum atomic E-state index is 12.8. The average Bonchev–Trinajstić information content (AvgIpc) is 3.31. The predicted octanol–water partition coefficient (Wildman–Crippen LogP) is 2.38. The summed E-state index contributed by atoms with van der Waals surface area (Å²) in [5.74, 6) is 2.54. The number of morpholine rings is 1. The summed E-state index contributed by atoms with van der Waals surface area (Å²) in [6.07, 6.45) is 3.47. The molecule has 0 radical (unpaired) electrons. The molecule has 5 rings (SSSR count). The van der Waals surface area contributed by atoms with Crippen LogP contribution in [-0.4, -0.2) is 48.6 Å². The van der Waals surface area contributed by atoms with E-state index in [0.717, 1.165) is 30.2 Å². The van der Waals surface area contributed by atoms with Gasteiger partial charge < -0.3 is 23.5 Å². The van der Waals surface area contributed by atoms with Crippen molar-refractivity contribution in [3.8, 4) is 11.5 Å². The minimum absolute atomic E-state index is 0.0811. The Hall–Kier alpha value is -2.77. The second-order valence-electron chi connectivity index (χ2n) is 6.83. The highest BCUT2D eigenvalue weighted by Gasteiger charge is 2.34. The summed E-state index contributed by atoms with van der Waals surface area (Å²) < 4.78 is 22.7. The standard InChI is InChI=1S/C20H20N2O5/c23-19-15-3-4-17-16(11-22(13-26-17)10-14-2-1-7-25-14)20(15)27-18(19)12-21-5-8-24-9-6-21/h1-4,7,12H,5-6,8-11,13H2/b18-12-. The molecule has 0 unspecified atom stereocenters. The molecule has 0 aliphatic carbocycles. The van der Waals surface area contributed by atoms with Crippen LogP contribution in [-0.2, 0) is 17.8 Å². The monoisotopic (exact) mass is 368 g/mol. The number of hydrogen-bond acceptors (Lipinski definition) is 7. The van der Waals surface area contributed by atoms with Crippen molar-refractivity contribution < 1.29 is 23.4 Å². The highest BCUT2D eigenvalue weighted by molar-refractivity contribution is 6.12. The van der Waals surface area contributed by atoms with Crippen LogP contribution in [0.5, 0.6) is 11.5 Å². The zero-order valence-electron chi connectivity index (χ0n) is 14.8. The molecule has 7 nitrogen and oxygen atoms in total. The SMILES string of the molecule is O=C1/C(=C/N2CCOCC2)Oc2c1ccc1c2CN(Cc2ccco2)CO1. The van der Waals surface area contributed by atoms with Crippen LogP contribution in [0.3, 0.4) is 0 Å². The number of furan rings is 1. The van der Waals surface area contributed by atoms with Crippen LogP contribution in [0.15, 0.2) is 46.9 Å². The highest BCUT2D eigenvalue weighted by Crippen LogP contribution is 2.41. The van der Waals surface area contributed by atoms with Crippen molar-refractivity contribution in [3.05, 3.63) is 59.4 Å². The summed E-state index contributed by atoms with van der Waals surface area (Å²) in [6, 6.07) is 7.46. The van der Waals surface area contributed by atoms with E-state index in [4.69, 9.17) is 18.6 Å². The van der Waals surface area contributed by atoms with Gasteiger partial charge >= 0.3 is 0 Å². The maximum absolute atomic E-state index is 12.8. The smallest absolute Gasteiger partial charge is 0.233 e. The maximum Gasteiger partial charge on any atom is 0.233 e. The lowest BCUT2D eigenvalue weighted by Gasteiger charge is -2.29. The van der Waals surface area contributed by atoms with E-state index in [2.05, 4.69) is 9.80 Å². The summed E-state index contributed by atoms with van der Waals surface area (Å²) in [5, 5.41) is 0. The molecule has 0 amide bonds. The van der Waals surface area contributed by atoms with Crippen LogP contribution in [0.1, 0.15) is 21.7 Å². The van der Waals surface area contributed by atoms with Crippen LogP contribution in [0.25, 0.3) is 0 Å². The minimum atomic E-state index is -0.0811. The number of benzene rings is 1. The number of carbonyl (C=O) groups is 1. The van der Waals surface area contributed by atoms with Crippen molar-refractivity contribution in [2.24, 2.45) is 0 Å². The Bertz CT molecular complexity index is 884. The number of ether oxygens (including phenoxy) is 3. The second-order valence-corrected chi connectivity index (χ2v) is 6.83. The quantitative estimate of drug-likeness (QED) is 0.771. The molecular weight excluding hydrogens is 348 g/mol. The lowest BCUT2D eigenvalue weighted by Crippen LogP contribution is -2.33. The topological polar surface area (TPSA) is 64.4 Å². The molecule has 7 heteroatoms. The number of allylic oxidation sites excluding steroid dienone is 1. The van der Waals surface area contributed by atoms with Crippen molar-refractivity contribution in [2.45, 2.75) is 13.1 Å². The first kappa shape index (κ1) is 16.4. The van der Waals surface area contributed by atoms with Crippen molar-refractivity contribution in [1.82, 2.24) is 9.80 Å². The zero-order valence-corrected chi connectivity index (χ0v) is 14.8. The Labute approximate surface area is 156 Å². The number of ketones is 1. The van der Waals surface area contributed by atoms with E-state index < -0.39 is 0 Å². The van der Waals surface area contributed by atoms with Gasteiger partial charge in [-0.1, -0.05) is 0 Å². The Morgan fingerprint density at radius 3 is 2.85 bits per heavy atom. The minimum Gasteiger partial charge on any atom is -0.478 e. The highest BCUT2D eigenvalue weighted by atomic mass is 16.5. The molecule has 3 aliphatic rings. The molecule has 0 saturated carbocycles. The number of hydrogen-bond donors (Lipinski definition) is 0. The van der Waals surface area contributed by atoms with Gasteiger partial charge in [0.1, 0.15) is 24.0 Å². The largest absolute Gasteiger partial charge is 0.478 e. The molecule has 3 aliphatic heterocycles. The summed E-state index contributed by atoms with van der Waals surface area (Å²) in [6.45, 7) is 4.59. The van der Waals surface area contributed by atoms with E-state index in [1.807, 2.05) is 24.4 Å². The van der Waals surface area contributed by atoms with Gasteiger partial charge in [0.25, 0.3) is 0 Å². The van der Waals surface area contributed by atoms with Crippen molar-refractivity contribution in [3.63, 3.8) is 0 Å². The Morgan fingerprint density at radius 2 is 2.04 bits per heavy atom. The summed E-state index contributed by atoms with van der Waals surface area (Å²) in [4.78, 5) is 16.9. The zero-order chi connectivity index (χ0) is 18.2. The first-order valence-corrected chi connectivity index (χ1v) is 9.07. The van der Waals surface area contributed by atoms with Gasteiger partial charge in [0, 0.05) is 25.8 Å². The van der Waals surface area contributed by atoms with E-state index in [-0.39, 0.29) is 5.78 Å². The third kappa shape index (κ3) is 3.09. The normalized spacial score (nSPS) is 21.0. The Morgan fingerprint density at radius 1 is 1.15 bits per heavy atom. The number of rotatable bonds is 3. The predicted molar refractivity (Wildman–Crippen MR) is 95.3 cm³/mol. The van der Waals surface area contributed by atoms with Gasteiger partial charge in [-0.3, -0.25) is 9.69 Å². The van der Waals surface area contributed by atoms with E-state index in [0.29, 0.717) is 50.1 Å². The van der Waals surface area contributed by atoms with Crippen LogP contribution in [0, 0.1) is 0 Å². The number of nitrogens with zero attached hydrogens (tertiary/aromatic N) is 2. The van der Waals surface area contributed by atoms with Crippen molar-refractivity contribution in [1.29, 1.82) is 0 Å². The lowest BCUT2D eigenvalue weighted by atomic mass is 10.0. The fourth-order valence-electron chi connectivity index (χ4n) is 3.59. The molecule has 0 bridgehead atoms. The molecule has 0 N–H and O–H groups in total. The molecule has 0 atom stereocenters. The molecule has 27 heavy (non-hydrogen) atoms. The Kier molecular flexibility index (Phi) is 4.10. The third-order valence-electron chi connectivity index (χ3n) is 4.99. The van der Waals surface area contributed by atoms with Crippen LogP contribution >= 0.6 is 0 Å². The molecule has 2 aromatic rings.